The Hall–Kier alpha value is -2.60. The molecule has 1 atom stereocenters. The second-order valence-corrected chi connectivity index (χ2v) is 8.18. The molecular weight excluding hydrogens is 405 g/mol. The van der Waals surface area contributed by atoms with E-state index in [-0.39, 0.29) is 29.5 Å². The third-order valence-electron chi connectivity index (χ3n) is 5.92. The number of nitrogens with zero attached hydrogens (tertiary/aromatic N) is 2. The maximum Gasteiger partial charge on any atom is 0.257 e. The van der Waals surface area contributed by atoms with Crippen molar-refractivity contribution in [2.24, 2.45) is 0 Å². The summed E-state index contributed by atoms with van der Waals surface area (Å²) in [7, 11) is 0. The van der Waals surface area contributed by atoms with Gasteiger partial charge in [0.2, 0.25) is 0 Å². The number of fused-ring (bicyclic) bond motifs is 2. The normalized spacial score (nSPS) is 18.5. The van der Waals surface area contributed by atoms with Crippen molar-refractivity contribution in [1.82, 2.24) is 10.2 Å². The largest absolute Gasteiger partial charge is 0.351 e. The zero-order valence-electron chi connectivity index (χ0n) is 17.0. The topological polar surface area (TPSA) is 52.7 Å². The van der Waals surface area contributed by atoms with Crippen LogP contribution in [0.5, 0.6) is 0 Å². The van der Waals surface area contributed by atoms with Crippen LogP contribution in [0.25, 0.3) is 0 Å². The van der Waals surface area contributed by atoms with Crippen LogP contribution >= 0.6 is 11.6 Å². The third kappa shape index (κ3) is 3.88. The van der Waals surface area contributed by atoms with Crippen molar-refractivity contribution in [1.29, 1.82) is 0 Å². The van der Waals surface area contributed by atoms with Gasteiger partial charge < -0.3 is 15.1 Å². The molecule has 2 amide bonds. The minimum atomic E-state index is -0.488. The van der Waals surface area contributed by atoms with E-state index < -0.39 is 5.82 Å². The van der Waals surface area contributed by atoms with Gasteiger partial charge in [-0.1, -0.05) is 24.1 Å². The maximum absolute atomic E-state index is 13.3. The molecule has 0 aliphatic carbocycles. The van der Waals surface area contributed by atoms with Gasteiger partial charge in [0.15, 0.2) is 0 Å². The molecule has 2 heterocycles. The van der Waals surface area contributed by atoms with E-state index in [4.69, 9.17) is 11.6 Å². The van der Waals surface area contributed by atoms with Gasteiger partial charge in [-0.3, -0.25) is 9.59 Å². The van der Waals surface area contributed by atoms with Crippen molar-refractivity contribution < 1.29 is 14.0 Å². The third-order valence-corrected chi connectivity index (χ3v) is 6.21. The van der Waals surface area contributed by atoms with Crippen LogP contribution in [0.1, 0.15) is 58.9 Å². The lowest BCUT2D eigenvalue weighted by Gasteiger charge is -2.44. The van der Waals surface area contributed by atoms with Crippen molar-refractivity contribution in [2.75, 3.05) is 18.0 Å². The number of hydrogen-bond acceptors (Lipinski definition) is 3. The number of rotatable bonds is 4. The summed E-state index contributed by atoms with van der Waals surface area (Å²) in [5.41, 5.74) is 2.68. The Kier molecular flexibility index (Phi) is 5.95. The molecule has 7 heteroatoms. The monoisotopic (exact) mass is 429 g/mol. The highest BCUT2D eigenvalue weighted by atomic mass is 35.5. The zero-order valence-corrected chi connectivity index (χ0v) is 17.7. The van der Waals surface area contributed by atoms with E-state index in [0.717, 1.165) is 44.5 Å². The van der Waals surface area contributed by atoms with Gasteiger partial charge in [0.1, 0.15) is 12.0 Å². The zero-order chi connectivity index (χ0) is 21.3. The smallest absolute Gasteiger partial charge is 0.257 e. The number of halogens is 2. The lowest BCUT2D eigenvalue weighted by Crippen LogP contribution is -2.55. The summed E-state index contributed by atoms with van der Waals surface area (Å²) in [5, 5.41) is 2.87. The molecule has 1 N–H and O–H groups in total. The van der Waals surface area contributed by atoms with E-state index >= 15 is 0 Å². The Bertz CT molecular complexity index is 981. The highest BCUT2D eigenvalue weighted by molar-refractivity contribution is 6.30. The van der Waals surface area contributed by atoms with Crippen LogP contribution in [0, 0.1) is 5.82 Å². The molecular formula is C23H25ClFN3O2. The van der Waals surface area contributed by atoms with Crippen LogP contribution in [-0.4, -0.2) is 36.0 Å². The standard InChI is InChI=1S/C23H25ClFN3O2/c1-2-27-20-13-16(22(29)26-14-15-7-10-19(25)18(24)12-15)8-9-17(20)23(30)28-11-5-3-4-6-21(27)28/h7-10,12-13,21H,2-6,11,14H2,1H3,(H,26,29). The van der Waals surface area contributed by atoms with Crippen LogP contribution in [-0.2, 0) is 6.54 Å². The highest BCUT2D eigenvalue weighted by Gasteiger charge is 2.37. The van der Waals surface area contributed by atoms with Crippen molar-refractivity contribution in [3.63, 3.8) is 0 Å². The lowest BCUT2D eigenvalue weighted by molar-refractivity contribution is 0.0656. The molecule has 0 bridgehead atoms. The molecule has 158 valence electrons. The van der Waals surface area contributed by atoms with Crippen LogP contribution in [0.15, 0.2) is 36.4 Å². The summed E-state index contributed by atoms with van der Waals surface area (Å²) in [4.78, 5) is 30.0. The molecule has 1 unspecified atom stereocenters. The van der Waals surface area contributed by atoms with Crippen molar-refractivity contribution in [3.05, 3.63) is 63.9 Å². The fraction of sp³-hybridized carbons (Fsp3) is 0.391. The number of carbonyl (C=O) groups excluding carboxylic acids is 2. The summed E-state index contributed by atoms with van der Waals surface area (Å²) in [6.45, 7) is 3.86. The molecule has 1 fully saturated rings. The molecule has 0 aromatic heterocycles. The van der Waals surface area contributed by atoms with Gasteiger partial charge >= 0.3 is 0 Å². The molecule has 0 spiro atoms. The van der Waals surface area contributed by atoms with E-state index in [2.05, 4.69) is 17.1 Å². The quantitative estimate of drug-likeness (QED) is 0.773. The number of benzene rings is 2. The average molecular weight is 430 g/mol. The predicted molar refractivity (Wildman–Crippen MR) is 115 cm³/mol. The second kappa shape index (κ2) is 8.64. The summed E-state index contributed by atoms with van der Waals surface area (Å²) in [6, 6.07) is 9.63. The molecule has 2 aliphatic rings. The lowest BCUT2D eigenvalue weighted by atomic mass is 10.0. The molecule has 2 aromatic rings. The fourth-order valence-corrected chi connectivity index (χ4v) is 4.58. The van der Waals surface area contributed by atoms with Gasteiger partial charge in [-0.2, -0.15) is 0 Å². The van der Waals surface area contributed by atoms with E-state index in [1.54, 1.807) is 18.2 Å². The van der Waals surface area contributed by atoms with Gasteiger partial charge in [0.05, 0.1) is 16.3 Å². The predicted octanol–water partition coefficient (Wildman–Crippen LogP) is 4.59. The minimum Gasteiger partial charge on any atom is -0.351 e. The first kappa shape index (κ1) is 20.7. The van der Waals surface area contributed by atoms with E-state index in [0.29, 0.717) is 16.7 Å². The number of amides is 2. The van der Waals surface area contributed by atoms with E-state index in [1.165, 1.54) is 12.1 Å². The fourth-order valence-electron chi connectivity index (χ4n) is 4.37. The van der Waals surface area contributed by atoms with Crippen LogP contribution in [0.2, 0.25) is 5.02 Å². The summed E-state index contributed by atoms with van der Waals surface area (Å²) in [6.07, 6.45) is 4.26. The number of nitrogens with one attached hydrogen (secondary N) is 1. The second-order valence-electron chi connectivity index (χ2n) is 7.78. The van der Waals surface area contributed by atoms with E-state index in [9.17, 15) is 14.0 Å². The Balaban J connectivity index is 1.56. The van der Waals surface area contributed by atoms with Crippen LogP contribution < -0.4 is 10.2 Å². The molecule has 2 aliphatic heterocycles. The molecule has 30 heavy (non-hydrogen) atoms. The van der Waals surface area contributed by atoms with Gasteiger partial charge in [0, 0.05) is 25.2 Å². The SMILES string of the molecule is CCN1c2cc(C(=O)NCc3ccc(F)c(Cl)c3)ccc2C(=O)N2CCCCCC21. The Morgan fingerprint density at radius 2 is 2.03 bits per heavy atom. The van der Waals surface area contributed by atoms with Crippen LogP contribution in [0.4, 0.5) is 10.1 Å². The first-order valence-electron chi connectivity index (χ1n) is 10.4. The average Bonchev–Trinajstić information content (AvgIpc) is 3.01. The molecule has 0 radical (unpaired) electrons. The molecule has 5 nitrogen and oxygen atoms in total. The Morgan fingerprint density at radius 1 is 1.20 bits per heavy atom. The summed E-state index contributed by atoms with van der Waals surface area (Å²) >= 11 is 5.81. The highest BCUT2D eigenvalue weighted by Crippen LogP contribution is 2.35. The molecule has 4 rings (SSSR count). The minimum absolute atomic E-state index is 0.0283. The van der Waals surface area contributed by atoms with Crippen molar-refractivity contribution in [2.45, 2.75) is 45.3 Å². The summed E-state index contributed by atoms with van der Waals surface area (Å²) in [5.74, 6) is -0.683. The Labute approximate surface area is 180 Å². The van der Waals surface area contributed by atoms with E-state index in [1.807, 2.05) is 11.0 Å². The van der Waals surface area contributed by atoms with Gasteiger partial charge in [-0.25, -0.2) is 4.39 Å². The molecule has 0 saturated carbocycles. The van der Waals surface area contributed by atoms with Gasteiger partial charge in [-0.05, 0) is 62.1 Å². The molecule has 1 saturated heterocycles. The van der Waals surface area contributed by atoms with Gasteiger partial charge in [0.25, 0.3) is 11.8 Å². The maximum atomic E-state index is 13.3. The first-order chi connectivity index (χ1) is 14.5. The first-order valence-corrected chi connectivity index (χ1v) is 10.8. The number of hydrogen-bond donors (Lipinski definition) is 1. The van der Waals surface area contributed by atoms with Crippen molar-refractivity contribution in [3.8, 4) is 0 Å². The summed E-state index contributed by atoms with van der Waals surface area (Å²) < 4.78 is 13.3. The van der Waals surface area contributed by atoms with Crippen molar-refractivity contribution >= 4 is 29.1 Å². The van der Waals surface area contributed by atoms with Crippen LogP contribution in [0.3, 0.4) is 0 Å². The number of carbonyl (C=O) groups is 2. The molecule has 2 aromatic carbocycles. The number of anilines is 1. The van der Waals surface area contributed by atoms with Gasteiger partial charge in [-0.15, -0.1) is 0 Å². The Morgan fingerprint density at radius 3 is 2.80 bits per heavy atom.